The molecule has 8 nitrogen and oxygen atoms in total. The molecule has 1 saturated heterocycles. The highest BCUT2D eigenvalue weighted by atomic mass is 16.5. The number of nitrogens with zero attached hydrogens (tertiary/aromatic N) is 2. The summed E-state index contributed by atoms with van der Waals surface area (Å²) in [5.41, 5.74) is 3.53. The summed E-state index contributed by atoms with van der Waals surface area (Å²) in [6.45, 7) is 8.71. The number of fused-ring (bicyclic) bond motifs is 1. The van der Waals surface area contributed by atoms with Crippen LogP contribution in [0.25, 0.3) is 11.0 Å². The second-order valence-electron chi connectivity index (χ2n) is 10.5. The van der Waals surface area contributed by atoms with E-state index in [1.165, 1.54) is 12.7 Å². The van der Waals surface area contributed by atoms with Gasteiger partial charge in [-0.25, -0.2) is 9.78 Å². The first-order valence-corrected chi connectivity index (χ1v) is 12.5. The van der Waals surface area contributed by atoms with Gasteiger partial charge in [0.2, 0.25) is 5.91 Å². The van der Waals surface area contributed by atoms with Crippen molar-refractivity contribution in [1.82, 2.24) is 9.55 Å². The van der Waals surface area contributed by atoms with Gasteiger partial charge in [-0.05, 0) is 36.3 Å². The highest BCUT2D eigenvalue weighted by Crippen LogP contribution is 2.34. The van der Waals surface area contributed by atoms with Crippen molar-refractivity contribution in [3.8, 4) is 0 Å². The third kappa shape index (κ3) is 6.05. The number of aryl methyl sites for hydroxylation is 2. The minimum atomic E-state index is -0.505. The van der Waals surface area contributed by atoms with E-state index in [1.807, 2.05) is 28.8 Å². The number of pyridine rings is 1. The summed E-state index contributed by atoms with van der Waals surface area (Å²) >= 11 is 0. The molecule has 1 amide bonds. The molecule has 1 atom stereocenters. The highest BCUT2D eigenvalue weighted by Gasteiger charge is 2.30. The van der Waals surface area contributed by atoms with Gasteiger partial charge < -0.3 is 24.7 Å². The average Bonchev–Trinajstić information content (AvgIpc) is 3.50. The van der Waals surface area contributed by atoms with Crippen molar-refractivity contribution in [3.05, 3.63) is 53.9 Å². The molecule has 0 radical (unpaired) electrons. The molecule has 2 N–H and O–H groups in total. The Bertz CT molecular complexity index is 1210. The molecule has 192 valence electrons. The molecule has 1 aliphatic heterocycles. The molecular formula is C28H36N4O4. The van der Waals surface area contributed by atoms with Crippen LogP contribution >= 0.6 is 0 Å². The first kappa shape index (κ1) is 25.7. The molecule has 3 aromatic rings. The van der Waals surface area contributed by atoms with Gasteiger partial charge in [-0.1, -0.05) is 51.1 Å². The number of aromatic nitrogens is 2. The zero-order valence-corrected chi connectivity index (χ0v) is 21.6. The predicted molar refractivity (Wildman–Crippen MR) is 141 cm³/mol. The summed E-state index contributed by atoms with van der Waals surface area (Å²) in [5, 5.41) is 7.17. The van der Waals surface area contributed by atoms with Crippen LogP contribution in [0.2, 0.25) is 0 Å². The Balaban J connectivity index is 1.73. The summed E-state index contributed by atoms with van der Waals surface area (Å²) in [5.74, 6) is -0.911. The third-order valence-corrected chi connectivity index (χ3v) is 6.34. The molecule has 4 rings (SSSR count). The molecule has 2 aromatic heterocycles. The van der Waals surface area contributed by atoms with Crippen molar-refractivity contribution < 1.29 is 19.1 Å². The number of carbonyl (C=O) groups is 2. The van der Waals surface area contributed by atoms with Crippen LogP contribution in [0.5, 0.6) is 0 Å². The molecule has 8 heteroatoms. The van der Waals surface area contributed by atoms with E-state index in [4.69, 9.17) is 14.5 Å². The fourth-order valence-corrected chi connectivity index (χ4v) is 4.39. The molecule has 0 spiro atoms. The summed E-state index contributed by atoms with van der Waals surface area (Å²) < 4.78 is 12.4. The molecule has 1 aromatic carbocycles. The summed E-state index contributed by atoms with van der Waals surface area (Å²) in [6, 6.07) is 12.2. The van der Waals surface area contributed by atoms with E-state index in [0.717, 1.165) is 25.1 Å². The van der Waals surface area contributed by atoms with E-state index in [0.29, 0.717) is 48.6 Å². The number of benzene rings is 1. The standard InChI is InChI=1S/C28H36N4O4/c1-28(2,3)18-30-21-15-22-23(31-26(33)20-12-14-36-17-20)24(27(34)35-4)32(25(22)29-16-21)13-8-11-19-9-6-5-7-10-19/h5-7,9-10,15-16,20,30H,8,11-14,17-18H2,1-4H3,(H,31,33). The number of rotatable bonds is 9. The van der Waals surface area contributed by atoms with Crippen LogP contribution in [0.4, 0.5) is 11.4 Å². The van der Waals surface area contributed by atoms with E-state index in [9.17, 15) is 9.59 Å². The number of methoxy groups -OCH3 is 1. The Kier molecular flexibility index (Phi) is 7.94. The lowest BCUT2D eigenvalue weighted by atomic mass is 9.97. The smallest absolute Gasteiger partial charge is 0.356 e. The normalized spacial score (nSPS) is 15.7. The summed E-state index contributed by atoms with van der Waals surface area (Å²) in [7, 11) is 1.36. The molecular weight excluding hydrogens is 456 g/mol. The SMILES string of the molecule is COC(=O)c1c(NC(=O)C2CCOC2)c2cc(NCC(C)(C)C)cnc2n1CCCc1ccccc1. The van der Waals surface area contributed by atoms with Crippen molar-refractivity contribution in [2.24, 2.45) is 11.3 Å². The van der Waals surface area contributed by atoms with Gasteiger partial charge in [-0.2, -0.15) is 0 Å². The van der Waals surface area contributed by atoms with Crippen LogP contribution < -0.4 is 10.6 Å². The Morgan fingerprint density at radius 3 is 2.67 bits per heavy atom. The van der Waals surface area contributed by atoms with Crippen molar-refractivity contribution in [1.29, 1.82) is 0 Å². The minimum absolute atomic E-state index is 0.0784. The Morgan fingerprint density at radius 2 is 2.00 bits per heavy atom. The summed E-state index contributed by atoms with van der Waals surface area (Å²) in [4.78, 5) is 30.9. The van der Waals surface area contributed by atoms with E-state index in [1.54, 1.807) is 6.20 Å². The number of anilines is 2. The molecule has 1 aliphatic rings. The van der Waals surface area contributed by atoms with E-state index >= 15 is 0 Å². The van der Waals surface area contributed by atoms with Crippen molar-refractivity contribution in [3.63, 3.8) is 0 Å². The number of nitrogens with one attached hydrogen (secondary N) is 2. The lowest BCUT2D eigenvalue weighted by molar-refractivity contribution is -0.119. The first-order valence-electron chi connectivity index (χ1n) is 12.5. The van der Waals surface area contributed by atoms with Crippen LogP contribution in [0.15, 0.2) is 42.6 Å². The number of ether oxygens (including phenoxy) is 2. The van der Waals surface area contributed by atoms with E-state index in [2.05, 4.69) is 43.5 Å². The molecule has 1 fully saturated rings. The van der Waals surface area contributed by atoms with Gasteiger partial charge in [0, 0.05) is 25.1 Å². The molecule has 0 saturated carbocycles. The van der Waals surface area contributed by atoms with Crippen LogP contribution in [0.1, 0.15) is 49.7 Å². The number of carbonyl (C=O) groups excluding carboxylic acids is 2. The molecule has 36 heavy (non-hydrogen) atoms. The third-order valence-electron chi connectivity index (χ3n) is 6.34. The Labute approximate surface area is 212 Å². The van der Waals surface area contributed by atoms with E-state index in [-0.39, 0.29) is 17.2 Å². The topological polar surface area (TPSA) is 94.5 Å². The highest BCUT2D eigenvalue weighted by molar-refractivity contribution is 6.11. The Morgan fingerprint density at radius 1 is 1.22 bits per heavy atom. The molecule has 3 heterocycles. The fraction of sp³-hybridized carbons (Fsp3) is 0.464. The molecule has 1 unspecified atom stereocenters. The maximum Gasteiger partial charge on any atom is 0.356 e. The maximum atomic E-state index is 13.1. The van der Waals surface area contributed by atoms with Crippen LogP contribution in [0.3, 0.4) is 0 Å². The van der Waals surface area contributed by atoms with Gasteiger partial charge in [-0.15, -0.1) is 0 Å². The predicted octanol–water partition coefficient (Wildman–Crippen LogP) is 4.89. The zero-order valence-electron chi connectivity index (χ0n) is 21.6. The number of esters is 1. The average molecular weight is 493 g/mol. The number of hydrogen-bond donors (Lipinski definition) is 2. The lowest BCUT2D eigenvalue weighted by Crippen LogP contribution is -2.24. The number of amides is 1. The Hall–Kier alpha value is -3.39. The fourth-order valence-electron chi connectivity index (χ4n) is 4.39. The van der Waals surface area contributed by atoms with E-state index < -0.39 is 5.97 Å². The molecule has 0 aliphatic carbocycles. The monoisotopic (exact) mass is 492 g/mol. The van der Waals surface area contributed by atoms with Gasteiger partial charge in [0.05, 0.1) is 37.2 Å². The quantitative estimate of drug-likeness (QED) is 0.413. The second kappa shape index (κ2) is 11.1. The summed E-state index contributed by atoms with van der Waals surface area (Å²) in [6.07, 6.45) is 4.09. The van der Waals surface area contributed by atoms with Crippen molar-refractivity contribution >= 4 is 34.3 Å². The molecule has 0 bridgehead atoms. The van der Waals surface area contributed by atoms with Crippen LogP contribution in [0, 0.1) is 11.3 Å². The zero-order chi connectivity index (χ0) is 25.7. The van der Waals surface area contributed by atoms with Crippen molar-refractivity contribution in [2.75, 3.05) is 37.5 Å². The van der Waals surface area contributed by atoms with Crippen LogP contribution in [-0.2, 0) is 27.2 Å². The minimum Gasteiger partial charge on any atom is -0.464 e. The lowest BCUT2D eigenvalue weighted by Gasteiger charge is -2.19. The van der Waals surface area contributed by atoms with Gasteiger partial charge in [0.15, 0.2) is 5.69 Å². The number of hydrogen-bond acceptors (Lipinski definition) is 6. The van der Waals surface area contributed by atoms with Gasteiger partial charge >= 0.3 is 5.97 Å². The van der Waals surface area contributed by atoms with Gasteiger partial charge in [0.25, 0.3) is 0 Å². The van der Waals surface area contributed by atoms with Gasteiger partial charge in [-0.3, -0.25) is 4.79 Å². The van der Waals surface area contributed by atoms with Crippen LogP contribution in [-0.4, -0.2) is 48.3 Å². The van der Waals surface area contributed by atoms with Gasteiger partial charge in [0.1, 0.15) is 5.65 Å². The first-order chi connectivity index (χ1) is 17.3. The second-order valence-corrected chi connectivity index (χ2v) is 10.5. The largest absolute Gasteiger partial charge is 0.464 e. The maximum absolute atomic E-state index is 13.1. The van der Waals surface area contributed by atoms with Crippen molar-refractivity contribution in [2.45, 2.75) is 46.6 Å².